The first-order chi connectivity index (χ1) is 13.0. The zero-order valence-corrected chi connectivity index (χ0v) is 15.8. The minimum absolute atomic E-state index is 0.409. The standard InChI is InChI=1S/C20H19N3O4/c1-10-6-7-13-11(2)22-20-17(16(13)21-10)23-19(27-20)12-8-14(24-3)18(26-5)15(9-12)25-4/h6-9H,1-5H3. The van der Waals surface area contributed by atoms with Gasteiger partial charge in [0.2, 0.25) is 17.4 Å². The van der Waals surface area contributed by atoms with Gasteiger partial charge in [-0.25, -0.2) is 9.97 Å². The van der Waals surface area contributed by atoms with E-state index in [1.54, 1.807) is 33.5 Å². The number of benzene rings is 1. The summed E-state index contributed by atoms with van der Waals surface area (Å²) in [6.45, 7) is 3.88. The fourth-order valence-corrected chi connectivity index (χ4v) is 3.11. The van der Waals surface area contributed by atoms with Gasteiger partial charge in [-0.1, -0.05) is 0 Å². The van der Waals surface area contributed by atoms with Crippen LogP contribution in [0, 0.1) is 13.8 Å². The first-order valence-electron chi connectivity index (χ1n) is 8.40. The number of pyridine rings is 2. The van der Waals surface area contributed by atoms with Gasteiger partial charge in [0.05, 0.1) is 27.0 Å². The third kappa shape index (κ3) is 2.71. The molecule has 0 bridgehead atoms. The van der Waals surface area contributed by atoms with Gasteiger partial charge < -0.3 is 18.6 Å². The number of methoxy groups -OCH3 is 3. The van der Waals surface area contributed by atoms with Crippen LogP contribution in [0.4, 0.5) is 0 Å². The Morgan fingerprint density at radius 1 is 0.815 bits per heavy atom. The van der Waals surface area contributed by atoms with Crippen LogP contribution >= 0.6 is 0 Å². The van der Waals surface area contributed by atoms with E-state index in [-0.39, 0.29) is 0 Å². The average molecular weight is 365 g/mol. The molecule has 1 aromatic carbocycles. The molecule has 0 aliphatic rings. The Balaban J connectivity index is 1.98. The Morgan fingerprint density at radius 2 is 1.52 bits per heavy atom. The van der Waals surface area contributed by atoms with Crippen LogP contribution in [0.3, 0.4) is 0 Å². The lowest BCUT2D eigenvalue weighted by Crippen LogP contribution is -1.95. The Hall–Kier alpha value is -3.35. The highest BCUT2D eigenvalue weighted by atomic mass is 16.5. The second-order valence-electron chi connectivity index (χ2n) is 6.13. The summed E-state index contributed by atoms with van der Waals surface area (Å²) in [6, 6.07) is 7.55. The molecule has 7 nitrogen and oxygen atoms in total. The van der Waals surface area contributed by atoms with Crippen molar-refractivity contribution in [2.75, 3.05) is 21.3 Å². The SMILES string of the molecule is COc1cc(-c2nc3c(nc(C)c4ccc(C)nc43)o2)cc(OC)c1OC. The van der Waals surface area contributed by atoms with Gasteiger partial charge in [0, 0.05) is 16.6 Å². The fraction of sp³-hybridized carbons (Fsp3) is 0.250. The van der Waals surface area contributed by atoms with E-state index in [4.69, 9.17) is 18.6 Å². The smallest absolute Gasteiger partial charge is 0.249 e. The van der Waals surface area contributed by atoms with Crippen LogP contribution in [0.2, 0.25) is 0 Å². The molecule has 0 fully saturated rings. The Kier molecular flexibility index (Phi) is 4.07. The summed E-state index contributed by atoms with van der Waals surface area (Å²) < 4.78 is 22.1. The number of hydrogen-bond acceptors (Lipinski definition) is 7. The van der Waals surface area contributed by atoms with E-state index in [1.807, 2.05) is 26.0 Å². The highest BCUT2D eigenvalue weighted by Gasteiger charge is 2.19. The zero-order chi connectivity index (χ0) is 19.1. The fourth-order valence-electron chi connectivity index (χ4n) is 3.11. The second-order valence-corrected chi connectivity index (χ2v) is 6.13. The summed E-state index contributed by atoms with van der Waals surface area (Å²) in [5.74, 6) is 1.97. The van der Waals surface area contributed by atoms with Crippen LogP contribution in [-0.2, 0) is 0 Å². The molecule has 0 unspecified atom stereocenters. The van der Waals surface area contributed by atoms with Crippen molar-refractivity contribution in [3.05, 3.63) is 35.7 Å². The first-order valence-corrected chi connectivity index (χ1v) is 8.40. The number of aryl methyl sites for hydroxylation is 2. The number of oxazole rings is 1. The van der Waals surface area contributed by atoms with E-state index in [0.717, 1.165) is 22.3 Å². The lowest BCUT2D eigenvalue weighted by atomic mass is 10.1. The Morgan fingerprint density at radius 3 is 2.15 bits per heavy atom. The summed E-state index contributed by atoms with van der Waals surface area (Å²) >= 11 is 0. The average Bonchev–Trinajstić information content (AvgIpc) is 3.10. The minimum Gasteiger partial charge on any atom is -0.493 e. The van der Waals surface area contributed by atoms with E-state index in [2.05, 4.69) is 15.0 Å². The molecule has 0 saturated heterocycles. The molecule has 138 valence electrons. The molecule has 0 aliphatic heterocycles. The highest BCUT2D eigenvalue weighted by Crippen LogP contribution is 2.41. The van der Waals surface area contributed by atoms with E-state index in [0.29, 0.717) is 39.9 Å². The largest absolute Gasteiger partial charge is 0.493 e. The van der Waals surface area contributed by atoms with Crippen LogP contribution in [0.5, 0.6) is 17.2 Å². The topological polar surface area (TPSA) is 79.5 Å². The van der Waals surface area contributed by atoms with Gasteiger partial charge in [-0.2, -0.15) is 0 Å². The van der Waals surface area contributed by atoms with Crippen molar-refractivity contribution < 1.29 is 18.6 Å². The van der Waals surface area contributed by atoms with Crippen molar-refractivity contribution in [3.63, 3.8) is 0 Å². The monoisotopic (exact) mass is 365 g/mol. The third-order valence-electron chi connectivity index (χ3n) is 4.44. The molecule has 0 N–H and O–H groups in total. The van der Waals surface area contributed by atoms with Gasteiger partial charge in [0.15, 0.2) is 17.0 Å². The number of rotatable bonds is 4. The summed E-state index contributed by atoms with van der Waals surface area (Å²) in [4.78, 5) is 13.8. The molecule has 0 radical (unpaired) electrons. The first kappa shape index (κ1) is 17.1. The summed E-state index contributed by atoms with van der Waals surface area (Å²) in [5.41, 5.74) is 4.30. The lowest BCUT2D eigenvalue weighted by molar-refractivity contribution is 0.324. The molecule has 7 heteroatoms. The Bertz CT molecular complexity index is 1140. The van der Waals surface area contributed by atoms with E-state index >= 15 is 0 Å². The highest BCUT2D eigenvalue weighted by molar-refractivity contribution is 6.00. The van der Waals surface area contributed by atoms with Gasteiger partial charge >= 0.3 is 0 Å². The summed E-state index contributed by atoms with van der Waals surface area (Å²) in [7, 11) is 4.70. The molecule has 0 saturated carbocycles. The van der Waals surface area contributed by atoms with Crippen molar-refractivity contribution in [2.24, 2.45) is 0 Å². The third-order valence-corrected chi connectivity index (χ3v) is 4.44. The number of aromatic nitrogens is 3. The quantitative estimate of drug-likeness (QED) is 0.539. The van der Waals surface area contributed by atoms with E-state index in [1.165, 1.54) is 0 Å². The molecule has 3 aromatic heterocycles. The molecular weight excluding hydrogens is 346 g/mol. The number of hydrogen-bond donors (Lipinski definition) is 0. The molecule has 3 heterocycles. The molecule has 0 spiro atoms. The molecule has 4 aromatic rings. The van der Waals surface area contributed by atoms with Gasteiger partial charge in [-0.3, -0.25) is 4.98 Å². The molecule has 0 aliphatic carbocycles. The van der Waals surface area contributed by atoms with Crippen LogP contribution in [-0.4, -0.2) is 36.3 Å². The van der Waals surface area contributed by atoms with Crippen molar-refractivity contribution in [3.8, 4) is 28.7 Å². The maximum atomic E-state index is 5.94. The Labute approximate surface area is 155 Å². The number of fused-ring (bicyclic) bond motifs is 3. The van der Waals surface area contributed by atoms with Crippen molar-refractivity contribution in [2.45, 2.75) is 13.8 Å². The predicted octanol–water partition coefficient (Wildman–Crippen LogP) is 4.08. The molecule has 0 amide bonds. The van der Waals surface area contributed by atoms with E-state index in [9.17, 15) is 0 Å². The minimum atomic E-state index is 0.409. The number of nitrogens with zero attached hydrogens (tertiary/aromatic N) is 3. The maximum absolute atomic E-state index is 5.94. The molecule has 27 heavy (non-hydrogen) atoms. The van der Waals surface area contributed by atoms with E-state index < -0.39 is 0 Å². The number of ether oxygens (including phenoxy) is 3. The second kappa shape index (κ2) is 6.42. The van der Waals surface area contributed by atoms with Crippen LogP contribution in [0.1, 0.15) is 11.4 Å². The van der Waals surface area contributed by atoms with Crippen LogP contribution in [0.15, 0.2) is 28.7 Å². The van der Waals surface area contributed by atoms with Crippen molar-refractivity contribution in [1.29, 1.82) is 0 Å². The molecule has 4 rings (SSSR count). The normalized spacial score (nSPS) is 11.1. The van der Waals surface area contributed by atoms with Crippen LogP contribution in [0.25, 0.3) is 33.6 Å². The van der Waals surface area contributed by atoms with Gasteiger partial charge in [-0.05, 0) is 38.1 Å². The maximum Gasteiger partial charge on any atom is 0.249 e. The van der Waals surface area contributed by atoms with Gasteiger partial charge in [-0.15, -0.1) is 0 Å². The molecule has 0 atom stereocenters. The summed E-state index contributed by atoms with van der Waals surface area (Å²) in [6.07, 6.45) is 0. The van der Waals surface area contributed by atoms with Crippen LogP contribution < -0.4 is 14.2 Å². The van der Waals surface area contributed by atoms with Crippen molar-refractivity contribution in [1.82, 2.24) is 15.0 Å². The lowest BCUT2D eigenvalue weighted by Gasteiger charge is -2.12. The molecular formula is C20H19N3O4. The van der Waals surface area contributed by atoms with Gasteiger partial charge in [0.25, 0.3) is 0 Å². The summed E-state index contributed by atoms with van der Waals surface area (Å²) in [5, 5.41) is 0.956. The van der Waals surface area contributed by atoms with Crippen molar-refractivity contribution >= 4 is 22.1 Å². The zero-order valence-electron chi connectivity index (χ0n) is 15.8. The predicted molar refractivity (Wildman–Crippen MR) is 102 cm³/mol. The van der Waals surface area contributed by atoms with Gasteiger partial charge in [0.1, 0.15) is 5.52 Å².